The van der Waals surface area contributed by atoms with E-state index in [9.17, 15) is 0 Å². The molecule has 2 aliphatic heterocycles. The van der Waals surface area contributed by atoms with Crippen molar-refractivity contribution < 1.29 is 4.63 Å². The zero-order valence-corrected chi connectivity index (χ0v) is 17.4. The van der Waals surface area contributed by atoms with Gasteiger partial charge in [0.1, 0.15) is 0 Å². The number of thiazole rings is 1. The number of fused-ring (bicyclic) bond motifs is 1. The maximum Gasteiger partial charge on any atom is 0.245 e. The molecular formula is C17H22N8OS2. The van der Waals surface area contributed by atoms with E-state index in [1.165, 1.54) is 0 Å². The van der Waals surface area contributed by atoms with Gasteiger partial charge in [-0.1, -0.05) is 0 Å². The predicted octanol–water partition coefficient (Wildman–Crippen LogP) is 1.65. The van der Waals surface area contributed by atoms with E-state index in [1.807, 2.05) is 11.8 Å². The number of aromatic nitrogens is 5. The standard InChI is InChI=1S/C17H22N8OS2/c1-12-18-13(11-28-12)10-23-2-4-24(5-3-23)16-17(25-6-8-27-9-7-25)20-15-14(19-16)21-26-22-15/h11H,2-10H2,1H3. The lowest BCUT2D eigenvalue weighted by Gasteiger charge is -2.37. The summed E-state index contributed by atoms with van der Waals surface area (Å²) in [6.45, 7) is 8.69. The van der Waals surface area contributed by atoms with Crippen molar-refractivity contribution in [2.45, 2.75) is 13.5 Å². The maximum atomic E-state index is 4.85. The third kappa shape index (κ3) is 3.65. The highest BCUT2D eigenvalue weighted by Crippen LogP contribution is 2.30. The fraction of sp³-hybridized carbons (Fsp3) is 0.588. The minimum atomic E-state index is 0.477. The molecule has 0 saturated carbocycles. The van der Waals surface area contributed by atoms with Crippen LogP contribution in [-0.2, 0) is 6.54 Å². The van der Waals surface area contributed by atoms with E-state index in [4.69, 9.17) is 14.6 Å². The van der Waals surface area contributed by atoms with Gasteiger partial charge in [-0.05, 0) is 17.2 Å². The van der Waals surface area contributed by atoms with Gasteiger partial charge in [0.25, 0.3) is 0 Å². The van der Waals surface area contributed by atoms with Gasteiger partial charge in [-0.15, -0.1) is 11.3 Å². The van der Waals surface area contributed by atoms with E-state index in [0.29, 0.717) is 11.3 Å². The van der Waals surface area contributed by atoms with E-state index in [-0.39, 0.29) is 0 Å². The summed E-state index contributed by atoms with van der Waals surface area (Å²) in [5.41, 5.74) is 2.12. The fourth-order valence-corrected chi connectivity index (χ4v) is 5.15. The average Bonchev–Trinajstić information content (AvgIpc) is 3.36. The Balaban J connectivity index is 1.35. The van der Waals surface area contributed by atoms with Crippen molar-refractivity contribution in [2.75, 3.05) is 60.6 Å². The molecule has 0 radical (unpaired) electrons. The Morgan fingerprint density at radius 3 is 2.14 bits per heavy atom. The largest absolute Gasteiger partial charge is 0.352 e. The van der Waals surface area contributed by atoms with E-state index in [2.05, 4.69) is 42.3 Å². The summed E-state index contributed by atoms with van der Waals surface area (Å²) >= 11 is 3.70. The summed E-state index contributed by atoms with van der Waals surface area (Å²) in [5.74, 6) is 4.03. The van der Waals surface area contributed by atoms with Gasteiger partial charge in [-0.3, -0.25) is 4.90 Å². The second-order valence-corrected chi connectivity index (χ2v) is 9.29. The van der Waals surface area contributed by atoms with Crippen molar-refractivity contribution in [2.24, 2.45) is 0 Å². The number of hydrogen-bond acceptors (Lipinski definition) is 11. The zero-order valence-electron chi connectivity index (χ0n) is 15.7. The lowest BCUT2D eigenvalue weighted by molar-refractivity contribution is 0.247. The first kappa shape index (κ1) is 18.1. The van der Waals surface area contributed by atoms with Crippen LogP contribution in [0.4, 0.5) is 11.6 Å². The highest BCUT2D eigenvalue weighted by atomic mass is 32.2. The van der Waals surface area contributed by atoms with Gasteiger partial charge in [0, 0.05) is 62.7 Å². The first-order valence-electron chi connectivity index (χ1n) is 9.47. The molecule has 2 fully saturated rings. The van der Waals surface area contributed by atoms with E-state index in [1.54, 1.807) is 11.3 Å². The third-order valence-corrected chi connectivity index (χ3v) is 6.88. The van der Waals surface area contributed by atoms with Crippen LogP contribution in [-0.4, -0.2) is 80.9 Å². The molecular weight excluding hydrogens is 396 g/mol. The molecule has 2 saturated heterocycles. The number of nitrogens with zero attached hydrogens (tertiary/aromatic N) is 8. The third-order valence-electron chi connectivity index (χ3n) is 5.11. The molecule has 0 amide bonds. The molecule has 9 nitrogen and oxygen atoms in total. The summed E-state index contributed by atoms with van der Waals surface area (Å²) in [6.07, 6.45) is 0. The molecule has 0 aliphatic carbocycles. The van der Waals surface area contributed by atoms with Crippen LogP contribution in [0.1, 0.15) is 10.7 Å². The van der Waals surface area contributed by atoms with Crippen LogP contribution in [0.15, 0.2) is 10.0 Å². The Hall–Kier alpha value is -1.98. The quantitative estimate of drug-likeness (QED) is 0.623. The molecule has 0 aromatic carbocycles. The molecule has 2 aliphatic rings. The molecule has 0 unspecified atom stereocenters. The number of thioether (sulfide) groups is 1. The molecule has 0 atom stereocenters. The van der Waals surface area contributed by atoms with Gasteiger partial charge in [0.2, 0.25) is 11.3 Å². The topological polar surface area (TPSA) is 87.3 Å². The van der Waals surface area contributed by atoms with Gasteiger partial charge >= 0.3 is 0 Å². The summed E-state index contributed by atoms with van der Waals surface area (Å²) < 4.78 is 4.85. The Morgan fingerprint density at radius 1 is 0.893 bits per heavy atom. The SMILES string of the molecule is Cc1nc(CN2CCN(c3nc4nonc4nc3N3CCSCC3)CC2)cs1. The van der Waals surface area contributed by atoms with Crippen molar-refractivity contribution in [3.63, 3.8) is 0 Å². The molecule has 3 aromatic heterocycles. The molecule has 5 heterocycles. The number of piperazine rings is 1. The van der Waals surface area contributed by atoms with Gasteiger partial charge < -0.3 is 9.80 Å². The van der Waals surface area contributed by atoms with E-state index in [0.717, 1.165) is 79.7 Å². The Kier molecular flexibility index (Phi) is 5.03. The number of hydrogen-bond donors (Lipinski definition) is 0. The Morgan fingerprint density at radius 2 is 1.54 bits per heavy atom. The van der Waals surface area contributed by atoms with E-state index >= 15 is 0 Å². The van der Waals surface area contributed by atoms with Crippen LogP contribution in [0.2, 0.25) is 0 Å². The molecule has 11 heteroatoms. The highest BCUT2D eigenvalue weighted by Gasteiger charge is 2.26. The normalized spacial score (nSPS) is 18.9. The minimum Gasteiger partial charge on any atom is -0.352 e. The van der Waals surface area contributed by atoms with Crippen molar-refractivity contribution in [1.29, 1.82) is 0 Å². The van der Waals surface area contributed by atoms with Gasteiger partial charge in [-0.2, -0.15) is 11.8 Å². The fourth-order valence-electron chi connectivity index (χ4n) is 3.65. The van der Waals surface area contributed by atoms with Crippen molar-refractivity contribution in [3.05, 3.63) is 16.1 Å². The molecule has 5 rings (SSSR count). The molecule has 148 valence electrons. The van der Waals surface area contributed by atoms with Crippen LogP contribution in [0.5, 0.6) is 0 Å². The average molecular weight is 419 g/mol. The monoisotopic (exact) mass is 418 g/mol. The predicted molar refractivity (Wildman–Crippen MR) is 111 cm³/mol. The van der Waals surface area contributed by atoms with Gasteiger partial charge in [-0.25, -0.2) is 19.6 Å². The lowest BCUT2D eigenvalue weighted by Crippen LogP contribution is -2.47. The highest BCUT2D eigenvalue weighted by molar-refractivity contribution is 7.99. The number of aryl methyl sites for hydroxylation is 1. The molecule has 0 spiro atoms. The Bertz CT molecular complexity index is 946. The summed E-state index contributed by atoms with van der Waals surface area (Å²) in [5, 5.41) is 11.1. The van der Waals surface area contributed by atoms with Crippen LogP contribution >= 0.6 is 23.1 Å². The maximum absolute atomic E-state index is 4.85. The molecule has 28 heavy (non-hydrogen) atoms. The number of anilines is 2. The first-order valence-corrected chi connectivity index (χ1v) is 11.5. The van der Waals surface area contributed by atoms with E-state index < -0.39 is 0 Å². The van der Waals surface area contributed by atoms with Crippen molar-refractivity contribution in [1.82, 2.24) is 30.2 Å². The summed E-state index contributed by atoms with van der Waals surface area (Å²) in [7, 11) is 0. The lowest BCUT2D eigenvalue weighted by atomic mass is 10.3. The van der Waals surface area contributed by atoms with Crippen LogP contribution < -0.4 is 9.80 Å². The summed E-state index contributed by atoms with van der Waals surface area (Å²) in [4.78, 5) is 21.2. The Labute approximate surface area is 171 Å². The smallest absolute Gasteiger partial charge is 0.245 e. The second kappa shape index (κ2) is 7.80. The zero-order chi connectivity index (χ0) is 18.9. The molecule has 3 aromatic rings. The minimum absolute atomic E-state index is 0.477. The van der Waals surface area contributed by atoms with Gasteiger partial charge in [0.05, 0.1) is 10.7 Å². The van der Waals surface area contributed by atoms with Crippen molar-refractivity contribution >= 4 is 46.0 Å². The van der Waals surface area contributed by atoms with Crippen LogP contribution in [0.3, 0.4) is 0 Å². The second-order valence-electron chi connectivity index (χ2n) is 7.00. The van der Waals surface area contributed by atoms with Crippen molar-refractivity contribution in [3.8, 4) is 0 Å². The van der Waals surface area contributed by atoms with Gasteiger partial charge in [0.15, 0.2) is 11.6 Å². The first-order chi connectivity index (χ1) is 13.8. The summed E-state index contributed by atoms with van der Waals surface area (Å²) in [6, 6.07) is 0. The molecule has 0 N–H and O–H groups in total. The molecule has 0 bridgehead atoms. The van der Waals surface area contributed by atoms with Crippen LogP contribution in [0, 0.1) is 6.92 Å². The van der Waals surface area contributed by atoms with Crippen LogP contribution in [0.25, 0.3) is 11.3 Å². The number of rotatable bonds is 4.